The lowest BCUT2D eigenvalue weighted by atomic mass is 10.1. The van der Waals surface area contributed by atoms with E-state index in [1.165, 1.54) is 17.4 Å². The van der Waals surface area contributed by atoms with E-state index in [1.54, 1.807) is 12.3 Å². The number of thiophene rings is 1. The molecule has 0 saturated carbocycles. The number of nitrogens with zero attached hydrogens (tertiary/aromatic N) is 1. The zero-order valence-electron chi connectivity index (χ0n) is 7.65. The second kappa shape index (κ2) is 4.26. The molecule has 1 atom stereocenters. The van der Waals surface area contributed by atoms with Gasteiger partial charge in [-0.1, -0.05) is 11.6 Å². The largest absolute Gasteiger partial charge is 0.320 e. The zero-order chi connectivity index (χ0) is 10.8. The molecule has 2 aromatic heterocycles. The molecule has 2 heterocycles. The molecule has 2 aromatic rings. The van der Waals surface area contributed by atoms with Crippen molar-refractivity contribution in [3.05, 3.63) is 51.2 Å². The minimum Gasteiger partial charge on any atom is -0.320 e. The highest BCUT2D eigenvalue weighted by Gasteiger charge is 2.14. The summed E-state index contributed by atoms with van der Waals surface area (Å²) < 4.78 is 12.9. The first-order valence-electron chi connectivity index (χ1n) is 4.27. The summed E-state index contributed by atoms with van der Waals surface area (Å²) in [7, 11) is 0. The molecule has 1 unspecified atom stereocenters. The van der Waals surface area contributed by atoms with Crippen molar-refractivity contribution < 1.29 is 4.39 Å². The first-order valence-corrected chi connectivity index (χ1v) is 5.53. The molecule has 0 bridgehead atoms. The van der Waals surface area contributed by atoms with Crippen LogP contribution in [0, 0.1) is 5.82 Å². The monoisotopic (exact) mass is 242 g/mol. The molecule has 0 aromatic carbocycles. The molecule has 2 nitrogen and oxygen atoms in total. The predicted octanol–water partition coefficient (Wildman–Crippen LogP) is 2.98. The highest BCUT2D eigenvalue weighted by atomic mass is 35.5. The van der Waals surface area contributed by atoms with Crippen molar-refractivity contribution in [1.29, 1.82) is 0 Å². The van der Waals surface area contributed by atoms with Crippen molar-refractivity contribution in [3.63, 3.8) is 0 Å². The molecule has 0 radical (unpaired) electrons. The summed E-state index contributed by atoms with van der Waals surface area (Å²) in [5, 5.41) is 2.46. The van der Waals surface area contributed by atoms with Crippen LogP contribution in [0.2, 0.25) is 5.02 Å². The standard InChI is InChI=1S/C10H8ClFN2S/c11-8-1-2-15-10(8)9(13)6-3-7(12)5-14-4-6/h1-5,9H,13H2. The molecule has 0 aliphatic carbocycles. The maximum absolute atomic E-state index is 12.9. The third kappa shape index (κ3) is 2.17. The van der Waals surface area contributed by atoms with Gasteiger partial charge in [-0.05, 0) is 23.1 Å². The van der Waals surface area contributed by atoms with Crippen LogP contribution in [0.4, 0.5) is 4.39 Å². The number of rotatable bonds is 2. The van der Waals surface area contributed by atoms with Gasteiger partial charge in [0.15, 0.2) is 0 Å². The van der Waals surface area contributed by atoms with E-state index in [2.05, 4.69) is 4.98 Å². The summed E-state index contributed by atoms with van der Waals surface area (Å²) in [6.45, 7) is 0. The molecule has 5 heteroatoms. The zero-order valence-corrected chi connectivity index (χ0v) is 9.23. The molecule has 0 saturated heterocycles. The molecular weight excluding hydrogens is 235 g/mol. The Kier molecular flexibility index (Phi) is 3.00. The van der Waals surface area contributed by atoms with Crippen LogP contribution in [0.1, 0.15) is 16.5 Å². The molecule has 0 fully saturated rings. The van der Waals surface area contributed by atoms with Crippen LogP contribution in [-0.2, 0) is 0 Å². The number of hydrogen-bond acceptors (Lipinski definition) is 3. The average molecular weight is 243 g/mol. The van der Waals surface area contributed by atoms with Gasteiger partial charge in [-0.25, -0.2) is 4.39 Å². The van der Waals surface area contributed by atoms with Gasteiger partial charge >= 0.3 is 0 Å². The van der Waals surface area contributed by atoms with Gasteiger partial charge in [-0.2, -0.15) is 0 Å². The molecule has 0 amide bonds. The Morgan fingerprint density at radius 2 is 2.27 bits per heavy atom. The number of hydrogen-bond donors (Lipinski definition) is 1. The first-order chi connectivity index (χ1) is 7.18. The number of halogens is 2. The summed E-state index contributed by atoms with van der Waals surface area (Å²) >= 11 is 7.39. The number of nitrogens with two attached hydrogens (primary N) is 1. The smallest absolute Gasteiger partial charge is 0.141 e. The molecule has 2 N–H and O–H groups in total. The Bertz CT molecular complexity index is 472. The predicted molar refractivity (Wildman–Crippen MR) is 59.6 cm³/mol. The van der Waals surface area contributed by atoms with E-state index in [0.717, 1.165) is 11.1 Å². The fraction of sp³-hybridized carbons (Fsp3) is 0.100. The van der Waals surface area contributed by atoms with Crippen molar-refractivity contribution in [2.75, 3.05) is 0 Å². The Hall–Kier alpha value is -0.970. The summed E-state index contributed by atoms with van der Waals surface area (Å²) in [4.78, 5) is 4.57. The Labute approximate surface area is 95.5 Å². The van der Waals surface area contributed by atoms with Crippen molar-refractivity contribution in [2.24, 2.45) is 5.73 Å². The van der Waals surface area contributed by atoms with Gasteiger partial charge < -0.3 is 5.73 Å². The average Bonchev–Trinajstić information content (AvgIpc) is 2.63. The van der Waals surface area contributed by atoms with Crippen LogP contribution in [0.15, 0.2) is 29.9 Å². The van der Waals surface area contributed by atoms with Crippen LogP contribution < -0.4 is 5.73 Å². The molecule has 15 heavy (non-hydrogen) atoms. The van der Waals surface area contributed by atoms with E-state index < -0.39 is 11.9 Å². The summed E-state index contributed by atoms with van der Waals surface area (Å²) in [5.74, 6) is -0.393. The molecule has 0 aliphatic rings. The first kappa shape index (κ1) is 10.5. The summed E-state index contributed by atoms with van der Waals surface area (Å²) in [5.41, 5.74) is 6.57. The van der Waals surface area contributed by atoms with Gasteiger partial charge in [0, 0.05) is 11.1 Å². The highest BCUT2D eigenvalue weighted by Crippen LogP contribution is 2.30. The number of aromatic nitrogens is 1. The molecule has 0 aliphatic heterocycles. The second-order valence-corrected chi connectivity index (χ2v) is 4.40. The van der Waals surface area contributed by atoms with E-state index >= 15 is 0 Å². The van der Waals surface area contributed by atoms with Crippen molar-refractivity contribution in [1.82, 2.24) is 4.98 Å². The van der Waals surface area contributed by atoms with E-state index in [-0.39, 0.29) is 0 Å². The van der Waals surface area contributed by atoms with Crippen molar-refractivity contribution in [2.45, 2.75) is 6.04 Å². The second-order valence-electron chi connectivity index (χ2n) is 3.05. The third-order valence-electron chi connectivity index (χ3n) is 2.01. The van der Waals surface area contributed by atoms with E-state index in [0.29, 0.717) is 10.6 Å². The highest BCUT2D eigenvalue weighted by molar-refractivity contribution is 7.10. The number of pyridine rings is 1. The lowest BCUT2D eigenvalue weighted by Gasteiger charge is -2.10. The van der Waals surface area contributed by atoms with E-state index in [1.807, 2.05) is 5.38 Å². The maximum Gasteiger partial charge on any atom is 0.141 e. The summed E-state index contributed by atoms with van der Waals surface area (Å²) in [6, 6.07) is 2.72. The van der Waals surface area contributed by atoms with Gasteiger partial charge in [0.1, 0.15) is 5.82 Å². The summed E-state index contributed by atoms with van der Waals surface area (Å²) in [6.07, 6.45) is 2.69. The molecule has 2 rings (SSSR count). The Balaban J connectivity index is 2.36. The Morgan fingerprint density at radius 1 is 1.47 bits per heavy atom. The van der Waals surface area contributed by atoms with Gasteiger partial charge in [0.05, 0.1) is 17.3 Å². The van der Waals surface area contributed by atoms with Gasteiger partial charge in [0.2, 0.25) is 0 Å². The quantitative estimate of drug-likeness (QED) is 0.879. The van der Waals surface area contributed by atoms with Gasteiger partial charge in [-0.15, -0.1) is 11.3 Å². The van der Waals surface area contributed by atoms with E-state index in [9.17, 15) is 4.39 Å². The van der Waals surface area contributed by atoms with Crippen LogP contribution in [0.5, 0.6) is 0 Å². The van der Waals surface area contributed by atoms with Crippen LogP contribution in [0.25, 0.3) is 0 Å². The van der Waals surface area contributed by atoms with Crippen molar-refractivity contribution in [3.8, 4) is 0 Å². The normalized spacial score (nSPS) is 12.7. The lowest BCUT2D eigenvalue weighted by molar-refractivity contribution is 0.616. The molecular formula is C10H8ClFN2S. The van der Waals surface area contributed by atoms with Crippen LogP contribution >= 0.6 is 22.9 Å². The molecule has 0 spiro atoms. The van der Waals surface area contributed by atoms with E-state index in [4.69, 9.17) is 17.3 Å². The lowest BCUT2D eigenvalue weighted by Crippen LogP contribution is -2.11. The minimum atomic E-state index is -0.416. The fourth-order valence-corrected chi connectivity index (χ4v) is 2.48. The topological polar surface area (TPSA) is 38.9 Å². The minimum absolute atomic E-state index is 0.393. The van der Waals surface area contributed by atoms with Gasteiger partial charge in [0.25, 0.3) is 0 Å². The van der Waals surface area contributed by atoms with Crippen LogP contribution in [0.3, 0.4) is 0 Å². The Morgan fingerprint density at radius 3 is 2.87 bits per heavy atom. The van der Waals surface area contributed by atoms with Crippen LogP contribution in [-0.4, -0.2) is 4.98 Å². The SMILES string of the molecule is NC(c1cncc(F)c1)c1sccc1Cl. The fourth-order valence-electron chi connectivity index (χ4n) is 1.28. The maximum atomic E-state index is 12.9. The molecule has 78 valence electrons. The van der Waals surface area contributed by atoms with Crippen molar-refractivity contribution >= 4 is 22.9 Å². The van der Waals surface area contributed by atoms with Gasteiger partial charge in [-0.3, -0.25) is 4.98 Å². The third-order valence-corrected chi connectivity index (χ3v) is 3.45.